The molecule has 0 bridgehead atoms. The fourth-order valence-electron chi connectivity index (χ4n) is 1.54. The molecule has 19 heavy (non-hydrogen) atoms. The van der Waals surface area contributed by atoms with E-state index in [-0.39, 0.29) is 12.8 Å². The molecule has 0 aromatic rings. The minimum atomic E-state index is -1.17. The van der Waals surface area contributed by atoms with E-state index in [1.54, 1.807) is 4.90 Å². The molecular weight excluding hydrogens is 250 g/mol. The average molecular weight is 273 g/mol. The molecule has 0 aromatic carbocycles. The summed E-state index contributed by atoms with van der Waals surface area (Å²) in [6, 6.07) is -1.51. The third-order valence-corrected chi connectivity index (χ3v) is 2.73. The highest BCUT2D eigenvalue weighted by atomic mass is 16.4. The summed E-state index contributed by atoms with van der Waals surface area (Å²) < 4.78 is 0. The second kappa shape index (κ2) is 9.18. The number of carbonyl (C=O) groups excluding carboxylic acids is 2. The van der Waals surface area contributed by atoms with Gasteiger partial charge in [-0.1, -0.05) is 13.3 Å². The molecule has 0 unspecified atom stereocenters. The summed E-state index contributed by atoms with van der Waals surface area (Å²) in [4.78, 5) is 35.1. The highest BCUT2D eigenvalue weighted by Gasteiger charge is 2.22. The van der Waals surface area contributed by atoms with E-state index in [1.807, 2.05) is 13.8 Å². The number of nitrogens with two attached hydrogens (primary N) is 1. The van der Waals surface area contributed by atoms with Gasteiger partial charge in [0.05, 0.1) is 0 Å². The first-order valence-electron chi connectivity index (χ1n) is 6.48. The van der Waals surface area contributed by atoms with E-state index in [4.69, 9.17) is 10.8 Å². The van der Waals surface area contributed by atoms with Crippen molar-refractivity contribution in [2.75, 3.05) is 13.1 Å². The summed E-state index contributed by atoms with van der Waals surface area (Å²) in [7, 11) is 0. The van der Waals surface area contributed by atoms with Crippen molar-refractivity contribution in [3.8, 4) is 0 Å². The number of carboxylic acid groups (broad SMARTS) is 1. The van der Waals surface area contributed by atoms with E-state index < -0.39 is 23.9 Å². The van der Waals surface area contributed by atoms with Crippen LogP contribution in [0, 0.1) is 0 Å². The highest BCUT2D eigenvalue weighted by Crippen LogP contribution is 2.01. The lowest BCUT2D eigenvalue weighted by Gasteiger charge is -2.23. The molecule has 0 fully saturated rings. The minimum absolute atomic E-state index is 0.00172. The Morgan fingerprint density at radius 3 is 2.37 bits per heavy atom. The van der Waals surface area contributed by atoms with E-state index in [0.717, 1.165) is 12.8 Å². The molecule has 110 valence electrons. The van der Waals surface area contributed by atoms with Gasteiger partial charge in [-0.25, -0.2) is 9.59 Å². The van der Waals surface area contributed by atoms with Crippen molar-refractivity contribution in [2.45, 2.75) is 45.6 Å². The molecule has 7 nitrogen and oxygen atoms in total. The zero-order chi connectivity index (χ0) is 14.8. The van der Waals surface area contributed by atoms with Crippen molar-refractivity contribution in [1.29, 1.82) is 0 Å². The molecule has 0 aliphatic heterocycles. The number of hydrogen-bond acceptors (Lipinski definition) is 3. The predicted octanol–water partition coefficient (Wildman–Crippen LogP) is 0.537. The largest absolute Gasteiger partial charge is 0.480 e. The Balaban J connectivity index is 4.42. The molecule has 0 saturated heterocycles. The van der Waals surface area contributed by atoms with Crippen molar-refractivity contribution in [3.63, 3.8) is 0 Å². The lowest BCUT2D eigenvalue weighted by molar-refractivity contribution is -0.139. The van der Waals surface area contributed by atoms with Crippen molar-refractivity contribution in [3.05, 3.63) is 0 Å². The van der Waals surface area contributed by atoms with Crippen LogP contribution in [0.3, 0.4) is 0 Å². The number of aliphatic carboxylic acids is 1. The van der Waals surface area contributed by atoms with E-state index >= 15 is 0 Å². The van der Waals surface area contributed by atoms with Crippen LogP contribution in [0.4, 0.5) is 4.79 Å². The Morgan fingerprint density at radius 2 is 1.95 bits per heavy atom. The number of amides is 3. The van der Waals surface area contributed by atoms with Crippen LogP contribution in [0.25, 0.3) is 0 Å². The number of rotatable bonds is 9. The number of nitrogens with one attached hydrogen (secondary N) is 1. The molecular formula is C12H23N3O4. The zero-order valence-electron chi connectivity index (χ0n) is 11.5. The molecule has 7 heteroatoms. The number of carbonyl (C=O) groups is 3. The molecule has 1 atom stereocenters. The van der Waals surface area contributed by atoms with Gasteiger partial charge in [0, 0.05) is 19.5 Å². The van der Waals surface area contributed by atoms with Crippen LogP contribution < -0.4 is 11.1 Å². The van der Waals surface area contributed by atoms with E-state index in [9.17, 15) is 14.4 Å². The minimum Gasteiger partial charge on any atom is -0.480 e. The fraction of sp³-hybridized carbons (Fsp3) is 0.750. The Hall–Kier alpha value is -1.79. The van der Waals surface area contributed by atoms with Gasteiger partial charge in [0.15, 0.2) is 0 Å². The topological polar surface area (TPSA) is 113 Å². The van der Waals surface area contributed by atoms with E-state index in [2.05, 4.69) is 5.32 Å². The summed E-state index contributed by atoms with van der Waals surface area (Å²) in [5.41, 5.74) is 4.97. The molecule has 0 heterocycles. The smallest absolute Gasteiger partial charge is 0.326 e. The molecule has 0 spiro atoms. The lowest BCUT2D eigenvalue weighted by Crippen LogP contribution is -2.48. The number of hydrogen-bond donors (Lipinski definition) is 3. The van der Waals surface area contributed by atoms with Gasteiger partial charge in [-0.3, -0.25) is 4.79 Å². The Kier molecular flexibility index (Phi) is 8.32. The van der Waals surface area contributed by atoms with Crippen LogP contribution >= 0.6 is 0 Å². The summed E-state index contributed by atoms with van der Waals surface area (Å²) in [6.07, 6.45) is 1.74. The van der Waals surface area contributed by atoms with Crippen molar-refractivity contribution >= 4 is 17.9 Å². The Bertz CT molecular complexity index is 320. The quantitative estimate of drug-likeness (QED) is 0.569. The molecule has 0 rings (SSSR count). The monoisotopic (exact) mass is 273 g/mol. The number of nitrogens with zero attached hydrogens (tertiary/aromatic N) is 1. The number of primary amides is 1. The first-order valence-corrected chi connectivity index (χ1v) is 6.48. The van der Waals surface area contributed by atoms with Crippen LogP contribution in [-0.4, -0.2) is 47.0 Å². The average Bonchev–Trinajstić information content (AvgIpc) is 2.34. The lowest BCUT2D eigenvalue weighted by atomic mass is 10.1. The van der Waals surface area contributed by atoms with Crippen molar-refractivity contribution < 1.29 is 19.5 Å². The Morgan fingerprint density at radius 1 is 1.32 bits per heavy atom. The summed E-state index contributed by atoms with van der Waals surface area (Å²) in [5.74, 6) is -1.75. The number of urea groups is 1. The van der Waals surface area contributed by atoms with Crippen molar-refractivity contribution in [1.82, 2.24) is 10.2 Å². The maximum atomic E-state index is 11.9. The third-order valence-electron chi connectivity index (χ3n) is 2.73. The third kappa shape index (κ3) is 7.28. The molecule has 0 aliphatic carbocycles. The molecule has 3 amide bonds. The number of carboxylic acids is 1. The standard InChI is InChI=1S/C12H23N3O4/c1-3-5-8-15(4-2)12(19)14-9(11(17)18)6-7-10(13)16/h9H,3-8H2,1-2H3,(H2,13,16)(H,14,19)(H,17,18)/t9-/m1/s1. The predicted molar refractivity (Wildman–Crippen MR) is 70.5 cm³/mol. The van der Waals surface area contributed by atoms with Gasteiger partial charge in [0.2, 0.25) is 5.91 Å². The van der Waals surface area contributed by atoms with Crippen LogP contribution in [0.2, 0.25) is 0 Å². The van der Waals surface area contributed by atoms with E-state index in [1.165, 1.54) is 0 Å². The van der Waals surface area contributed by atoms with Crippen LogP contribution in [0.5, 0.6) is 0 Å². The van der Waals surface area contributed by atoms with Gasteiger partial charge in [0.25, 0.3) is 0 Å². The Labute approximate surface area is 113 Å². The van der Waals surface area contributed by atoms with Crippen LogP contribution in [0.1, 0.15) is 39.5 Å². The van der Waals surface area contributed by atoms with Gasteiger partial charge in [0.1, 0.15) is 6.04 Å². The first-order chi connectivity index (χ1) is 8.92. The second-order valence-electron chi connectivity index (χ2n) is 4.28. The van der Waals surface area contributed by atoms with Crippen molar-refractivity contribution in [2.24, 2.45) is 5.73 Å². The fourth-order valence-corrected chi connectivity index (χ4v) is 1.54. The summed E-state index contributed by atoms with van der Waals surface area (Å²) >= 11 is 0. The molecule has 0 aliphatic rings. The highest BCUT2D eigenvalue weighted by molar-refractivity contribution is 5.83. The van der Waals surface area contributed by atoms with Gasteiger partial charge in [-0.2, -0.15) is 0 Å². The van der Waals surface area contributed by atoms with Gasteiger partial charge in [-0.05, 0) is 19.8 Å². The van der Waals surface area contributed by atoms with Crippen LogP contribution in [-0.2, 0) is 9.59 Å². The van der Waals surface area contributed by atoms with Crippen LogP contribution in [0.15, 0.2) is 0 Å². The number of unbranched alkanes of at least 4 members (excludes halogenated alkanes) is 1. The first kappa shape index (κ1) is 17.2. The maximum absolute atomic E-state index is 11.9. The normalized spacial score (nSPS) is 11.7. The SMILES string of the molecule is CCCCN(CC)C(=O)N[C@H](CCC(N)=O)C(=O)O. The summed E-state index contributed by atoms with van der Waals surface area (Å²) in [6.45, 7) is 4.93. The van der Waals surface area contributed by atoms with Gasteiger partial charge in [-0.15, -0.1) is 0 Å². The second-order valence-corrected chi connectivity index (χ2v) is 4.28. The molecule has 0 saturated carbocycles. The van der Waals surface area contributed by atoms with E-state index in [0.29, 0.717) is 13.1 Å². The maximum Gasteiger partial charge on any atom is 0.326 e. The molecule has 4 N–H and O–H groups in total. The van der Waals surface area contributed by atoms with Gasteiger partial charge < -0.3 is 21.1 Å². The van der Waals surface area contributed by atoms with Gasteiger partial charge >= 0.3 is 12.0 Å². The zero-order valence-corrected chi connectivity index (χ0v) is 11.5. The molecule has 0 radical (unpaired) electrons. The summed E-state index contributed by atoms with van der Waals surface area (Å²) in [5, 5.41) is 11.4. The molecule has 0 aromatic heterocycles.